The van der Waals surface area contributed by atoms with Gasteiger partial charge in [-0.15, -0.1) is 0 Å². The number of nitrogens with zero attached hydrogens (tertiary/aromatic N) is 2. The van der Waals surface area contributed by atoms with E-state index in [9.17, 15) is 9.59 Å². The Kier molecular flexibility index (Phi) is 8.83. The molecule has 0 aliphatic carbocycles. The summed E-state index contributed by atoms with van der Waals surface area (Å²) in [6.45, 7) is 11.9. The molecule has 0 heterocycles. The van der Waals surface area contributed by atoms with Crippen molar-refractivity contribution in [1.29, 1.82) is 0 Å². The molecule has 4 heteroatoms. The van der Waals surface area contributed by atoms with Gasteiger partial charge in [0.1, 0.15) is 0 Å². The summed E-state index contributed by atoms with van der Waals surface area (Å²) in [7, 11) is 0. The highest BCUT2D eigenvalue weighted by Gasteiger charge is 2.21. The standard InChI is InChI=1S/C22H32N2O2/c1-7-11-21(25)23(17(5)9-3)19-13-15-20(16-14-19)24(18(6)10-4)22(26)12-8-2/h7-8,11-18H,9-10H2,1-6H3/b11-7+,12-8+/t17-,18+. The first-order chi connectivity index (χ1) is 12.4. The SMILES string of the molecule is C/C=C/C(=O)N(c1ccc(N(C(=O)/C=C/C)[C@@H](C)CC)cc1)[C@H](C)CC. The van der Waals surface area contributed by atoms with Crippen LogP contribution < -0.4 is 9.80 Å². The first-order valence-corrected chi connectivity index (χ1v) is 9.42. The van der Waals surface area contributed by atoms with Crippen LogP contribution in [0.3, 0.4) is 0 Å². The van der Waals surface area contributed by atoms with Crippen LogP contribution in [0.2, 0.25) is 0 Å². The van der Waals surface area contributed by atoms with Crippen LogP contribution in [-0.2, 0) is 9.59 Å². The molecule has 1 aromatic rings. The molecule has 0 N–H and O–H groups in total. The lowest BCUT2D eigenvalue weighted by Gasteiger charge is -2.30. The average Bonchev–Trinajstić information content (AvgIpc) is 2.63. The minimum Gasteiger partial charge on any atom is -0.306 e. The monoisotopic (exact) mass is 356 g/mol. The van der Waals surface area contributed by atoms with Crippen molar-refractivity contribution in [2.45, 2.75) is 66.5 Å². The van der Waals surface area contributed by atoms with E-state index in [0.717, 1.165) is 24.2 Å². The van der Waals surface area contributed by atoms with E-state index in [1.165, 1.54) is 0 Å². The van der Waals surface area contributed by atoms with E-state index in [-0.39, 0.29) is 23.9 Å². The Morgan fingerprint density at radius 2 is 1.12 bits per heavy atom. The molecule has 0 radical (unpaired) electrons. The van der Waals surface area contributed by atoms with Gasteiger partial charge < -0.3 is 9.80 Å². The molecule has 1 aromatic carbocycles. The summed E-state index contributed by atoms with van der Waals surface area (Å²) in [6.07, 6.45) is 8.41. The number of allylic oxidation sites excluding steroid dienone is 2. The summed E-state index contributed by atoms with van der Waals surface area (Å²) in [5, 5.41) is 0. The van der Waals surface area contributed by atoms with E-state index < -0.39 is 0 Å². The van der Waals surface area contributed by atoms with Crippen molar-refractivity contribution in [3.8, 4) is 0 Å². The number of carbonyl (C=O) groups excluding carboxylic acids is 2. The van der Waals surface area contributed by atoms with Gasteiger partial charge in [-0.3, -0.25) is 9.59 Å². The lowest BCUT2D eigenvalue weighted by molar-refractivity contribution is -0.115. The second kappa shape index (κ2) is 10.6. The molecule has 4 nitrogen and oxygen atoms in total. The van der Waals surface area contributed by atoms with Crippen LogP contribution >= 0.6 is 0 Å². The summed E-state index contributed by atoms with van der Waals surface area (Å²) in [5.74, 6) is -0.0586. The van der Waals surface area contributed by atoms with E-state index in [1.54, 1.807) is 34.1 Å². The molecular weight excluding hydrogens is 324 g/mol. The smallest absolute Gasteiger partial charge is 0.250 e. The predicted molar refractivity (Wildman–Crippen MR) is 111 cm³/mol. The van der Waals surface area contributed by atoms with E-state index in [0.29, 0.717) is 0 Å². The third-order valence-corrected chi connectivity index (χ3v) is 4.56. The maximum Gasteiger partial charge on any atom is 0.250 e. The topological polar surface area (TPSA) is 40.6 Å². The molecule has 0 unspecified atom stereocenters. The van der Waals surface area contributed by atoms with E-state index in [4.69, 9.17) is 0 Å². The molecule has 0 bridgehead atoms. The number of benzene rings is 1. The Balaban J connectivity index is 3.24. The highest BCUT2D eigenvalue weighted by molar-refractivity contribution is 6.03. The van der Waals surface area contributed by atoms with Crippen molar-refractivity contribution < 1.29 is 9.59 Å². The van der Waals surface area contributed by atoms with Crippen LogP contribution in [-0.4, -0.2) is 23.9 Å². The second-order valence-electron chi connectivity index (χ2n) is 6.45. The number of hydrogen-bond donors (Lipinski definition) is 0. The molecule has 2 amide bonds. The van der Waals surface area contributed by atoms with Gasteiger partial charge in [-0.05, 0) is 77.0 Å². The molecule has 0 aliphatic rings. The molecule has 0 aromatic heterocycles. The maximum absolute atomic E-state index is 12.5. The number of rotatable bonds is 8. The van der Waals surface area contributed by atoms with Crippen LogP contribution in [0.4, 0.5) is 11.4 Å². The zero-order valence-electron chi connectivity index (χ0n) is 16.9. The fourth-order valence-electron chi connectivity index (χ4n) is 2.78. The number of amides is 2. The van der Waals surface area contributed by atoms with Gasteiger partial charge in [0.15, 0.2) is 0 Å². The van der Waals surface area contributed by atoms with E-state index >= 15 is 0 Å². The summed E-state index contributed by atoms with van der Waals surface area (Å²) < 4.78 is 0. The Bertz CT molecular complexity index is 590. The average molecular weight is 357 g/mol. The molecule has 0 aliphatic heterocycles. The Morgan fingerprint density at radius 3 is 1.35 bits per heavy atom. The second-order valence-corrected chi connectivity index (χ2v) is 6.45. The molecule has 0 spiro atoms. The van der Waals surface area contributed by atoms with E-state index in [2.05, 4.69) is 13.8 Å². The highest BCUT2D eigenvalue weighted by atomic mass is 16.2. The van der Waals surface area contributed by atoms with Gasteiger partial charge in [-0.2, -0.15) is 0 Å². The molecular formula is C22H32N2O2. The summed E-state index contributed by atoms with van der Waals surface area (Å²) >= 11 is 0. The van der Waals surface area contributed by atoms with Gasteiger partial charge in [-0.25, -0.2) is 0 Å². The van der Waals surface area contributed by atoms with Crippen LogP contribution in [0.15, 0.2) is 48.6 Å². The zero-order valence-corrected chi connectivity index (χ0v) is 16.9. The Labute approximate surface area is 158 Å². The molecule has 2 atom stereocenters. The quantitative estimate of drug-likeness (QED) is 0.608. The van der Waals surface area contributed by atoms with Crippen LogP contribution in [0.1, 0.15) is 54.4 Å². The van der Waals surface area contributed by atoms with Crippen molar-refractivity contribution in [3.63, 3.8) is 0 Å². The molecule has 1 rings (SSSR count). The van der Waals surface area contributed by atoms with Gasteiger partial charge in [-0.1, -0.05) is 26.0 Å². The molecule has 26 heavy (non-hydrogen) atoms. The van der Waals surface area contributed by atoms with Crippen LogP contribution in [0.5, 0.6) is 0 Å². The minimum absolute atomic E-state index is 0.0293. The van der Waals surface area contributed by atoms with Crippen molar-refractivity contribution in [2.75, 3.05) is 9.80 Å². The predicted octanol–water partition coefficient (Wildman–Crippen LogP) is 5.10. The number of hydrogen-bond acceptors (Lipinski definition) is 2. The minimum atomic E-state index is -0.0293. The molecule has 142 valence electrons. The molecule has 0 saturated carbocycles. The number of carbonyl (C=O) groups is 2. The lowest BCUT2D eigenvalue weighted by Crippen LogP contribution is -2.38. The highest BCUT2D eigenvalue weighted by Crippen LogP contribution is 2.26. The molecule has 0 fully saturated rings. The molecule has 0 saturated heterocycles. The van der Waals surface area contributed by atoms with Crippen LogP contribution in [0, 0.1) is 0 Å². The zero-order chi connectivity index (χ0) is 19.7. The maximum atomic E-state index is 12.5. The summed E-state index contributed by atoms with van der Waals surface area (Å²) in [6, 6.07) is 7.87. The number of anilines is 2. The lowest BCUT2D eigenvalue weighted by atomic mass is 10.1. The Hall–Kier alpha value is -2.36. The fraction of sp³-hybridized carbons (Fsp3) is 0.455. The van der Waals surface area contributed by atoms with Gasteiger partial charge >= 0.3 is 0 Å². The third kappa shape index (κ3) is 5.32. The Morgan fingerprint density at radius 1 is 0.808 bits per heavy atom. The largest absolute Gasteiger partial charge is 0.306 e. The first kappa shape index (κ1) is 21.7. The van der Waals surface area contributed by atoms with Gasteiger partial charge in [0.05, 0.1) is 0 Å². The third-order valence-electron chi connectivity index (χ3n) is 4.56. The van der Waals surface area contributed by atoms with Crippen molar-refractivity contribution in [1.82, 2.24) is 0 Å². The van der Waals surface area contributed by atoms with Crippen molar-refractivity contribution >= 4 is 23.2 Å². The van der Waals surface area contributed by atoms with E-state index in [1.807, 2.05) is 52.0 Å². The van der Waals surface area contributed by atoms with Gasteiger partial charge in [0.2, 0.25) is 0 Å². The van der Waals surface area contributed by atoms with Crippen molar-refractivity contribution in [2.24, 2.45) is 0 Å². The summed E-state index contributed by atoms with van der Waals surface area (Å²) in [5.41, 5.74) is 1.68. The first-order valence-electron chi connectivity index (χ1n) is 9.42. The fourth-order valence-corrected chi connectivity index (χ4v) is 2.78. The van der Waals surface area contributed by atoms with Crippen LogP contribution in [0.25, 0.3) is 0 Å². The van der Waals surface area contributed by atoms with Gasteiger partial charge in [0, 0.05) is 23.5 Å². The summed E-state index contributed by atoms with van der Waals surface area (Å²) in [4.78, 5) is 28.5. The van der Waals surface area contributed by atoms with Crippen molar-refractivity contribution in [3.05, 3.63) is 48.6 Å². The van der Waals surface area contributed by atoms with Gasteiger partial charge in [0.25, 0.3) is 11.8 Å². The normalized spacial score (nSPS) is 13.8.